The third-order valence-corrected chi connectivity index (χ3v) is 2.86. The van der Waals surface area contributed by atoms with Gasteiger partial charge in [-0.25, -0.2) is 0 Å². The molecule has 1 saturated carbocycles. The minimum Gasteiger partial charge on any atom is -0.461 e. The minimum atomic E-state index is 0.0191. The highest BCUT2D eigenvalue weighted by molar-refractivity contribution is 6.28. The number of halogens is 1. The number of anilines is 1. The Hall–Kier alpha value is -1.10. The van der Waals surface area contributed by atoms with Crippen molar-refractivity contribution in [1.82, 2.24) is 15.0 Å². The predicted octanol–water partition coefficient (Wildman–Crippen LogP) is 2.52. The quantitative estimate of drug-likeness (QED) is 0.877. The number of hydrogen-bond acceptors (Lipinski definition) is 5. The molecule has 0 radical (unpaired) electrons. The van der Waals surface area contributed by atoms with Crippen molar-refractivity contribution in [1.29, 1.82) is 0 Å². The molecule has 0 bridgehead atoms. The molecule has 2 atom stereocenters. The van der Waals surface area contributed by atoms with Gasteiger partial charge in [0, 0.05) is 6.04 Å². The van der Waals surface area contributed by atoms with Crippen molar-refractivity contribution in [2.45, 2.75) is 45.8 Å². The van der Waals surface area contributed by atoms with Crippen LogP contribution in [0.25, 0.3) is 0 Å². The Morgan fingerprint density at radius 1 is 1.41 bits per heavy atom. The number of nitrogens with one attached hydrogen (secondary N) is 1. The van der Waals surface area contributed by atoms with Crippen LogP contribution in [0.4, 0.5) is 5.95 Å². The predicted molar refractivity (Wildman–Crippen MR) is 66.4 cm³/mol. The Morgan fingerprint density at radius 2 is 2.18 bits per heavy atom. The molecule has 17 heavy (non-hydrogen) atoms. The fraction of sp³-hybridized carbons (Fsp3) is 0.727. The van der Waals surface area contributed by atoms with E-state index in [0.29, 0.717) is 12.0 Å². The van der Waals surface area contributed by atoms with Crippen LogP contribution in [0.1, 0.15) is 33.6 Å². The maximum absolute atomic E-state index is 5.83. The van der Waals surface area contributed by atoms with E-state index in [0.717, 1.165) is 5.92 Å². The van der Waals surface area contributed by atoms with Gasteiger partial charge in [-0.05, 0) is 37.8 Å². The van der Waals surface area contributed by atoms with Crippen molar-refractivity contribution in [2.75, 3.05) is 5.32 Å². The second-order valence-electron chi connectivity index (χ2n) is 4.53. The van der Waals surface area contributed by atoms with Crippen molar-refractivity contribution in [2.24, 2.45) is 5.92 Å². The highest BCUT2D eigenvalue weighted by Gasteiger charge is 2.35. The largest absolute Gasteiger partial charge is 0.461 e. The van der Waals surface area contributed by atoms with Crippen LogP contribution in [0.2, 0.25) is 5.28 Å². The maximum Gasteiger partial charge on any atom is 0.322 e. The molecular weight excluding hydrogens is 240 g/mol. The van der Waals surface area contributed by atoms with E-state index in [9.17, 15) is 0 Å². The Kier molecular flexibility index (Phi) is 3.66. The van der Waals surface area contributed by atoms with Gasteiger partial charge in [0.25, 0.3) is 0 Å². The SMILES string of the molecule is CCC1CC1Nc1nc(Cl)nc(OC(C)C)n1. The van der Waals surface area contributed by atoms with Gasteiger partial charge in [-0.1, -0.05) is 13.3 Å². The summed E-state index contributed by atoms with van der Waals surface area (Å²) in [5.74, 6) is 1.22. The van der Waals surface area contributed by atoms with E-state index >= 15 is 0 Å². The molecule has 5 nitrogen and oxygen atoms in total. The topological polar surface area (TPSA) is 59.9 Å². The second kappa shape index (κ2) is 5.04. The van der Waals surface area contributed by atoms with Crippen LogP contribution in [0.5, 0.6) is 6.01 Å². The van der Waals surface area contributed by atoms with Crippen LogP contribution >= 0.6 is 11.6 Å². The summed E-state index contributed by atoms with van der Waals surface area (Å²) in [6.45, 7) is 6.01. The first-order chi connectivity index (χ1) is 8.08. The average Bonchev–Trinajstić information content (AvgIpc) is 2.94. The van der Waals surface area contributed by atoms with E-state index in [-0.39, 0.29) is 17.4 Å². The van der Waals surface area contributed by atoms with E-state index in [1.165, 1.54) is 12.8 Å². The van der Waals surface area contributed by atoms with Gasteiger partial charge in [-0.3, -0.25) is 0 Å². The standard InChI is InChI=1S/C11H17ClN4O/c1-4-7-5-8(7)13-10-14-9(12)15-11(16-10)17-6(2)3/h6-8H,4-5H2,1-3H3,(H,13,14,15,16). The van der Waals surface area contributed by atoms with Crippen molar-refractivity contribution in [3.05, 3.63) is 5.28 Å². The summed E-state index contributed by atoms with van der Waals surface area (Å²) in [7, 11) is 0. The summed E-state index contributed by atoms with van der Waals surface area (Å²) in [5.41, 5.74) is 0. The lowest BCUT2D eigenvalue weighted by Crippen LogP contribution is -2.13. The summed E-state index contributed by atoms with van der Waals surface area (Å²) < 4.78 is 5.40. The molecule has 94 valence electrons. The maximum atomic E-state index is 5.83. The van der Waals surface area contributed by atoms with Gasteiger partial charge >= 0.3 is 6.01 Å². The fourth-order valence-corrected chi connectivity index (χ4v) is 1.85. The van der Waals surface area contributed by atoms with Crippen molar-refractivity contribution in [3.63, 3.8) is 0 Å². The smallest absolute Gasteiger partial charge is 0.322 e. The lowest BCUT2D eigenvalue weighted by molar-refractivity contribution is 0.222. The van der Waals surface area contributed by atoms with E-state index in [4.69, 9.17) is 16.3 Å². The van der Waals surface area contributed by atoms with Gasteiger partial charge in [-0.2, -0.15) is 15.0 Å². The van der Waals surface area contributed by atoms with Crippen LogP contribution in [-0.2, 0) is 0 Å². The first-order valence-electron chi connectivity index (χ1n) is 5.93. The molecule has 1 aliphatic rings. The average molecular weight is 257 g/mol. The zero-order valence-corrected chi connectivity index (χ0v) is 11.0. The molecule has 0 aromatic carbocycles. The molecule has 1 aliphatic carbocycles. The molecule has 1 fully saturated rings. The lowest BCUT2D eigenvalue weighted by Gasteiger charge is -2.09. The van der Waals surface area contributed by atoms with E-state index in [2.05, 4.69) is 27.2 Å². The van der Waals surface area contributed by atoms with Crippen LogP contribution in [-0.4, -0.2) is 27.1 Å². The minimum absolute atomic E-state index is 0.0191. The highest BCUT2D eigenvalue weighted by atomic mass is 35.5. The van der Waals surface area contributed by atoms with E-state index < -0.39 is 0 Å². The normalized spacial score (nSPS) is 22.6. The Morgan fingerprint density at radius 3 is 2.76 bits per heavy atom. The molecule has 2 rings (SSSR count). The van der Waals surface area contributed by atoms with Gasteiger partial charge in [0.2, 0.25) is 11.2 Å². The van der Waals surface area contributed by atoms with Crippen LogP contribution in [0.3, 0.4) is 0 Å². The second-order valence-corrected chi connectivity index (χ2v) is 4.87. The first-order valence-corrected chi connectivity index (χ1v) is 6.31. The third-order valence-electron chi connectivity index (χ3n) is 2.69. The number of hydrogen-bond donors (Lipinski definition) is 1. The number of ether oxygens (including phenoxy) is 1. The summed E-state index contributed by atoms with van der Waals surface area (Å²) in [6, 6.07) is 0.738. The highest BCUT2D eigenvalue weighted by Crippen LogP contribution is 2.35. The molecule has 0 saturated heterocycles. The molecule has 2 unspecified atom stereocenters. The molecule has 0 spiro atoms. The third kappa shape index (κ3) is 3.43. The van der Waals surface area contributed by atoms with Crippen molar-refractivity contribution < 1.29 is 4.74 Å². The molecule has 0 aliphatic heterocycles. The van der Waals surface area contributed by atoms with Gasteiger partial charge < -0.3 is 10.1 Å². The van der Waals surface area contributed by atoms with Crippen LogP contribution < -0.4 is 10.1 Å². The Labute approximate surface area is 106 Å². The molecular formula is C11H17ClN4O. The van der Waals surface area contributed by atoms with E-state index in [1.807, 2.05) is 13.8 Å². The van der Waals surface area contributed by atoms with E-state index in [1.54, 1.807) is 0 Å². The molecule has 1 aromatic rings. The monoisotopic (exact) mass is 256 g/mol. The zero-order valence-electron chi connectivity index (χ0n) is 10.3. The van der Waals surface area contributed by atoms with Gasteiger partial charge in [0.1, 0.15) is 0 Å². The van der Waals surface area contributed by atoms with Crippen molar-refractivity contribution in [3.8, 4) is 6.01 Å². The van der Waals surface area contributed by atoms with Gasteiger partial charge in [0.05, 0.1) is 6.10 Å². The fourth-order valence-electron chi connectivity index (χ4n) is 1.70. The number of nitrogens with zero attached hydrogens (tertiary/aromatic N) is 3. The zero-order chi connectivity index (χ0) is 12.4. The van der Waals surface area contributed by atoms with Crippen LogP contribution in [0, 0.1) is 5.92 Å². The summed E-state index contributed by atoms with van der Waals surface area (Å²) in [4.78, 5) is 12.1. The molecule has 6 heteroatoms. The van der Waals surface area contributed by atoms with Crippen LogP contribution in [0.15, 0.2) is 0 Å². The van der Waals surface area contributed by atoms with Gasteiger partial charge in [0.15, 0.2) is 0 Å². The molecule has 1 N–H and O–H groups in total. The first kappa shape index (κ1) is 12.4. The Bertz CT molecular complexity index is 399. The summed E-state index contributed by atoms with van der Waals surface area (Å²) >= 11 is 5.83. The Balaban J connectivity index is 2.04. The molecule has 1 heterocycles. The molecule has 0 amide bonds. The summed E-state index contributed by atoms with van der Waals surface area (Å²) in [5, 5.41) is 3.40. The number of aromatic nitrogens is 3. The number of rotatable bonds is 5. The summed E-state index contributed by atoms with van der Waals surface area (Å²) in [6.07, 6.45) is 2.36. The van der Waals surface area contributed by atoms with Crippen molar-refractivity contribution >= 4 is 17.5 Å². The van der Waals surface area contributed by atoms with Gasteiger partial charge in [-0.15, -0.1) is 0 Å². The molecule has 1 aromatic heterocycles. The lowest BCUT2D eigenvalue weighted by atomic mass is 10.3.